The fourth-order valence-electron chi connectivity index (χ4n) is 5.81. The summed E-state index contributed by atoms with van der Waals surface area (Å²) in [6.45, 7) is 0.450. The molecule has 336 valence electrons. The van der Waals surface area contributed by atoms with Crippen molar-refractivity contribution in [1.29, 1.82) is 0 Å². The van der Waals surface area contributed by atoms with Gasteiger partial charge in [0.25, 0.3) is 0 Å². The number of rotatable bonds is 0. The summed E-state index contributed by atoms with van der Waals surface area (Å²) in [5, 5.41) is 0. The van der Waals surface area contributed by atoms with Crippen LogP contribution in [0.3, 0.4) is 0 Å². The number of esters is 8. The average molecular weight is 881 g/mol. The van der Waals surface area contributed by atoms with Gasteiger partial charge < -0.3 is 37.9 Å². The summed E-state index contributed by atoms with van der Waals surface area (Å²) >= 11 is 0. The van der Waals surface area contributed by atoms with Crippen molar-refractivity contribution in [2.24, 2.45) is 0 Å². The number of benzene rings is 4. The molecule has 0 saturated heterocycles. The van der Waals surface area contributed by atoms with E-state index in [0.717, 1.165) is 0 Å². The maximum atomic E-state index is 12.5. The minimum atomic E-state index is -0.592. The second-order valence-corrected chi connectivity index (χ2v) is 14.3. The van der Waals surface area contributed by atoms with E-state index in [0.29, 0.717) is 51.4 Å². The summed E-state index contributed by atoms with van der Waals surface area (Å²) < 4.78 is 42.4. The van der Waals surface area contributed by atoms with Gasteiger partial charge in [0, 0.05) is 12.8 Å². The third-order valence-electron chi connectivity index (χ3n) is 9.38. The predicted molar refractivity (Wildman–Crippen MR) is 225 cm³/mol. The molecule has 0 N–H and O–H groups in total. The van der Waals surface area contributed by atoms with E-state index in [2.05, 4.69) is 0 Å². The van der Waals surface area contributed by atoms with Gasteiger partial charge in [-0.15, -0.1) is 0 Å². The molecule has 7 aliphatic heterocycles. The molecule has 64 heavy (non-hydrogen) atoms. The Kier molecular flexibility index (Phi) is 19.0. The molecule has 0 saturated carbocycles. The highest BCUT2D eigenvalue weighted by Gasteiger charge is 2.15. The Morgan fingerprint density at radius 3 is 0.656 bits per heavy atom. The highest BCUT2D eigenvalue weighted by Crippen LogP contribution is 2.17. The standard InChI is InChI=1S/C48H48O16/c49-41-9-1-3-27-57-43(51)33-11-15-35(16-12-33)45(53)59-29-5-6-30-60-46(54)36-17-13-34(14-18-36)44(52)58-28-4-2-10-42(50)64-40-25-21-38(22-26-40)48(56)62-32-8-7-31-61-47(55)37-19-23-39(63-41)24-20-37/h11-26H,1-10,27-32H2. The second kappa shape index (κ2) is 25.5. The maximum absolute atomic E-state index is 12.5. The van der Waals surface area contributed by atoms with Gasteiger partial charge in [-0.1, -0.05) is 0 Å². The lowest BCUT2D eigenvalue weighted by atomic mass is 10.1. The van der Waals surface area contributed by atoms with Crippen molar-refractivity contribution in [2.75, 3.05) is 39.6 Å². The molecule has 0 spiro atoms. The summed E-state index contributed by atoms with van der Waals surface area (Å²) in [5.74, 6) is -4.00. The van der Waals surface area contributed by atoms with Gasteiger partial charge in [0.2, 0.25) is 0 Å². The van der Waals surface area contributed by atoms with Crippen LogP contribution in [0.15, 0.2) is 97.1 Å². The second-order valence-electron chi connectivity index (χ2n) is 14.3. The molecule has 0 aromatic heterocycles. The van der Waals surface area contributed by atoms with Gasteiger partial charge in [0.05, 0.1) is 73.0 Å². The zero-order chi connectivity index (χ0) is 45.5. The van der Waals surface area contributed by atoms with Crippen LogP contribution in [0.5, 0.6) is 11.5 Å². The van der Waals surface area contributed by atoms with Gasteiger partial charge in [-0.2, -0.15) is 0 Å². The molecule has 16 heteroatoms. The van der Waals surface area contributed by atoms with Crippen LogP contribution in [-0.4, -0.2) is 87.4 Å². The van der Waals surface area contributed by atoms with Crippen LogP contribution in [-0.2, 0) is 38.0 Å². The Morgan fingerprint density at radius 1 is 0.250 bits per heavy atom. The van der Waals surface area contributed by atoms with Gasteiger partial charge in [0.15, 0.2) is 0 Å². The molecular formula is C48H48O16. The molecule has 11 rings (SSSR count). The minimum Gasteiger partial charge on any atom is -0.462 e. The first kappa shape index (κ1) is 47.7. The van der Waals surface area contributed by atoms with E-state index >= 15 is 0 Å². The van der Waals surface area contributed by atoms with Crippen molar-refractivity contribution < 1.29 is 76.3 Å². The van der Waals surface area contributed by atoms with Crippen molar-refractivity contribution in [2.45, 2.75) is 64.2 Å². The fourth-order valence-corrected chi connectivity index (χ4v) is 5.81. The van der Waals surface area contributed by atoms with Gasteiger partial charge in [-0.25, -0.2) is 28.8 Å². The summed E-state index contributed by atoms with van der Waals surface area (Å²) in [6.07, 6.45) is 3.42. The molecule has 7 heterocycles. The quantitative estimate of drug-likeness (QED) is 0.0953. The van der Waals surface area contributed by atoms with Crippen LogP contribution in [0.4, 0.5) is 0 Å². The van der Waals surface area contributed by atoms with Crippen molar-refractivity contribution in [1.82, 2.24) is 0 Å². The van der Waals surface area contributed by atoms with E-state index in [1.165, 1.54) is 97.1 Å². The van der Waals surface area contributed by atoms with Crippen molar-refractivity contribution in [3.8, 4) is 11.5 Å². The highest BCUT2D eigenvalue weighted by atomic mass is 16.6. The third kappa shape index (κ3) is 16.2. The van der Waals surface area contributed by atoms with Gasteiger partial charge >= 0.3 is 47.8 Å². The third-order valence-corrected chi connectivity index (χ3v) is 9.38. The van der Waals surface area contributed by atoms with Crippen LogP contribution in [0.25, 0.3) is 0 Å². The lowest BCUT2D eigenvalue weighted by molar-refractivity contribution is -0.135. The van der Waals surface area contributed by atoms with Gasteiger partial charge in [0.1, 0.15) is 11.5 Å². The molecule has 0 amide bonds. The first-order valence-corrected chi connectivity index (χ1v) is 20.9. The summed E-state index contributed by atoms with van der Waals surface area (Å²) in [7, 11) is 0. The molecule has 8 bridgehead atoms. The Labute approximate surface area is 369 Å². The van der Waals surface area contributed by atoms with Crippen LogP contribution in [0.1, 0.15) is 126 Å². The monoisotopic (exact) mass is 880 g/mol. The van der Waals surface area contributed by atoms with Crippen LogP contribution in [0, 0.1) is 0 Å². The Hall–Kier alpha value is -7.36. The molecule has 0 atom stereocenters. The first-order valence-electron chi connectivity index (χ1n) is 20.9. The Morgan fingerprint density at radius 2 is 0.438 bits per heavy atom. The number of carbonyl (C=O) groups excluding carboxylic acids is 8. The zero-order valence-corrected chi connectivity index (χ0v) is 35.1. The molecule has 4 aromatic rings. The van der Waals surface area contributed by atoms with Crippen molar-refractivity contribution in [3.63, 3.8) is 0 Å². The number of hydrogen-bond acceptors (Lipinski definition) is 16. The van der Waals surface area contributed by atoms with Gasteiger partial charge in [-0.3, -0.25) is 9.59 Å². The van der Waals surface area contributed by atoms with E-state index in [1.54, 1.807) is 0 Å². The topological polar surface area (TPSA) is 210 Å². The molecule has 0 unspecified atom stereocenters. The first-order chi connectivity index (χ1) is 31.0. The maximum Gasteiger partial charge on any atom is 0.338 e. The van der Waals surface area contributed by atoms with Crippen LogP contribution >= 0.6 is 0 Å². The zero-order valence-electron chi connectivity index (χ0n) is 35.1. The molecule has 0 radical (unpaired) electrons. The smallest absolute Gasteiger partial charge is 0.338 e. The molecule has 7 aliphatic rings. The largest absolute Gasteiger partial charge is 0.462 e. The van der Waals surface area contributed by atoms with E-state index in [1.807, 2.05) is 0 Å². The Bertz CT molecular complexity index is 2050. The summed E-state index contributed by atoms with van der Waals surface area (Å²) in [6, 6.07) is 23.4. The minimum absolute atomic E-state index is 0.0608. The Balaban J connectivity index is 1.08. The summed E-state index contributed by atoms with van der Waals surface area (Å²) in [4.78, 5) is 99.6. The average Bonchev–Trinajstić information content (AvgIpc) is 3.30. The summed E-state index contributed by atoms with van der Waals surface area (Å²) in [5.41, 5.74) is 1.46. The predicted octanol–water partition coefficient (Wildman–Crippen LogP) is 7.45. The van der Waals surface area contributed by atoms with Crippen molar-refractivity contribution >= 4 is 47.8 Å². The van der Waals surface area contributed by atoms with Crippen molar-refractivity contribution in [3.05, 3.63) is 130 Å². The number of hydrogen-bond donors (Lipinski definition) is 0. The molecule has 16 nitrogen and oxygen atoms in total. The normalized spacial score (nSPS) is 17.0. The fraction of sp³-hybridized carbons (Fsp3) is 0.333. The van der Waals surface area contributed by atoms with Crippen LogP contribution in [0.2, 0.25) is 0 Å². The highest BCUT2D eigenvalue weighted by molar-refractivity contribution is 5.94. The van der Waals surface area contributed by atoms with Crippen LogP contribution < -0.4 is 9.47 Å². The van der Waals surface area contributed by atoms with E-state index in [9.17, 15) is 38.4 Å². The molecular weight excluding hydrogens is 833 g/mol. The lowest BCUT2D eigenvalue weighted by Gasteiger charge is -2.09. The van der Waals surface area contributed by atoms with E-state index in [4.69, 9.17) is 37.9 Å². The van der Waals surface area contributed by atoms with Gasteiger partial charge in [-0.05, 0) is 148 Å². The lowest BCUT2D eigenvalue weighted by Crippen LogP contribution is -2.11. The van der Waals surface area contributed by atoms with E-state index in [-0.39, 0.29) is 97.4 Å². The molecule has 4 aromatic carbocycles. The number of carbonyl (C=O) groups is 8. The molecule has 0 fully saturated rings. The SMILES string of the molecule is O=C1CCCCOC(=O)c2ccc(cc2)C(=O)OCCCCOC(=O)c2ccc(cc2)C(=O)OCCCCC(=O)Oc2ccc(cc2)C(=O)OCCCCOC(=O)c2ccc(cc2)O1. The van der Waals surface area contributed by atoms with E-state index < -0.39 is 47.8 Å². The number of ether oxygens (including phenoxy) is 8. The molecule has 0 aliphatic carbocycles.